The lowest BCUT2D eigenvalue weighted by Gasteiger charge is -2.21. The van der Waals surface area contributed by atoms with E-state index < -0.39 is 5.97 Å². The van der Waals surface area contributed by atoms with Crippen LogP contribution in [0.5, 0.6) is 5.75 Å². The monoisotopic (exact) mass is 521 g/mol. The molecule has 8 nitrogen and oxygen atoms in total. The van der Waals surface area contributed by atoms with Gasteiger partial charge in [0.25, 0.3) is 5.89 Å². The standard InChI is InChI=1S/C30H39N3O5/c1-3-4-5-6-7-8-9-10-11-19-28-31-30(37-32-28)25-17-14-15-24(20-25)21-33(38-29(35)23-34)22-26-16-12-13-18-27(26)36-2/h12-18,20,23H,3-11,19,21-22H2,1-2H3. The van der Waals surface area contributed by atoms with Gasteiger partial charge < -0.3 is 14.1 Å². The van der Waals surface area contributed by atoms with Crippen LogP contribution >= 0.6 is 0 Å². The molecule has 0 saturated carbocycles. The van der Waals surface area contributed by atoms with Crippen LogP contribution in [0.15, 0.2) is 53.1 Å². The van der Waals surface area contributed by atoms with Crippen LogP contribution in [0, 0.1) is 0 Å². The smallest absolute Gasteiger partial charge is 0.390 e. The Balaban J connectivity index is 1.56. The SMILES string of the molecule is CCCCCCCCCCCc1noc(-c2cccc(CN(Cc3ccccc3OC)OC(=O)C=O)c2)n1. The lowest BCUT2D eigenvalue weighted by atomic mass is 10.1. The van der Waals surface area contributed by atoms with Crippen molar-refractivity contribution < 1.29 is 23.7 Å². The molecule has 0 radical (unpaired) electrons. The predicted molar refractivity (Wildman–Crippen MR) is 145 cm³/mol. The molecule has 0 aliphatic carbocycles. The van der Waals surface area contributed by atoms with Gasteiger partial charge in [0.1, 0.15) is 5.75 Å². The molecule has 0 unspecified atom stereocenters. The maximum atomic E-state index is 11.7. The van der Waals surface area contributed by atoms with E-state index in [4.69, 9.17) is 14.1 Å². The molecule has 0 amide bonds. The average molecular weight is 522 g/mol. The summed E-state index contributed by atoms with van der Waals surface area (Å²) < 4.78 is 10.9. The molecule has 3 rings (SSSR count). The highest BCUT2D eigenvalue weighted by Gasteiger charge is 2.16. The number of aldehydes is 1. The lowest BCUT2D eigenvalue weighted by Crippen LogP contribution is -2.27. The maximum Gasteiger partial charge on any atom is 0.390 e. The van der Waals surface area contributed by atoms with Crippen LogP contribution in [0.25, 0.3) is 11.5 Å². The number of ether oxygens (including phenoxy) is 1. The highest BCUT2D eigenvalue weighted by atomic mass is 16.7. The third kappa shape index (κ3) is 9.74. The van der Waals surface area contributed by atoms with Gasteiger partial charge in [-0.25, -0.2) is 4.79 Å². The molecule has 0 aliphatic heterocycles. The van der Waals surface area contributed by atoms with Crippen molar-refractivity contribution in [2.45, 2.75) is 84.2 Å². The highest BCUT2D eigenvalue weighted by molar-refractivity contribution is 6.20. The second-order valence-electron chi connectivity index (χ2n) is 9.43. The number of carbonyl (C=O) groups is 2. The summed E-state index contributed by atoms with van der Waals surface area (Å²) >= 11 is 0. The fraction of sp³-hybridized carbons (Fsp3) is 0.467. The number of methoxy groups -OCH3 is 1. The van der Waals surface area contributed by atoms with Crippen molar-refractivity contribution in [2.24, 2.45) is 0 Å². The van der Waals surface area contributed by atoms with Gasteiger partial charge in [-0.05, 0) is 30.2 Å². The fourth-order valence-corrected chi connectivity index (χ4v) is 4.37. The number of carbonyl (C=O) groups excluding carboxylic acids is 2. The maximum absolute atomic E-state index is 11.7. The average Bonchev–Trinajstić information content (AvgIpc) is 3.41. The molecule has 1 heterocycles. The molecule has 0 aliphatic rings. The third-order valence-electron chi connectivity index (χ3n) is 6.36. The number of unbranched alkanes of at least 4 members (excludes halogenated alkanes) is 8. The van der Waals surface area contributed by atoms with Crippen LogP contribution in [-0.4, -0.2) is 34.6 Å². The van der Waals surface area contributed by atoms with E-state index >= 15 is 0 Å². The van der Waals surface area contributed by atoms with E-state index in [9.17, 15) is 9.59 Å². The Morgan fingerprint density at radius 3 is 2.42 bits per heavy atom. The van der Waals surface area contributed by atoms with Crippen LogP contribution in [0.2, 0.25) is 0 Å². The molecule has 0 fully saturated rings. The lowest BCUT2D eigenvalue weighted by molar-refractivity contribution is -0.195. The van der Waals surface area contributed by atoms with Crippen LogP contribution in [-0.2, 0) is 33.9 Å². The van der Waals surface area contributed by atoms with E-state index in [0.717, 1.165) is 29.5 Å². The van der Waals surface area contributed by atoms with Gasteiger partial charge in [-0.2, -0.15) is 4.98 Å². The summed E-state index contributed by atoms with van der Waals surface area (Å²) in [5.74, 6) is 0.873. The van der Waals surface area contributed by atoms with Gasteiger partial charge in [-0.1, -0.05) is 93.8 Å². The zero-order valence-corrected chi connectivity index (χ0v) is 22.6. The molecule has 0 spiro atoms. The molecule has 3 aromatic rings. The van der Waals surface area contributed by atoms with E-state index in [-0.39, 0.29) is 19.4 Å². The van der Waals surface area contributed by atoms with Gasteiger partial charge >= 0.3 is 5.97 Å². The van der Waals surface area contributed by atoms with E-state index in [1.807, 2.05) is 48.5 Å². The van der Waals surface area contributed by atoms with Crippen LogP contribution in [0.3, 0.4) is 0 Å². The van der Waals surface area contributed by atoms with Crippen molar-refractivity contribution >= 4 is 12.3 Å². The number of aromatic nitrogens is 2. The van der Waals surface area contributed by atoms with Gasteiger partial charge in [0.2, 0.25) is 6.29 Å². The highest BCUT2D eigenvalue weighted by Crippen LogP contribution is 2.23. The third-order valence-corrected chi connectivity index (χ3v) is 6.36. The Bertz CT molecular complexity index is 1130. The van der Waals surface area contributed by atoms with Crippen molar-refractivity contribution in [3.8, 4) is 17.2 Å². The Morgan fingerprint density at radius 1 is 0.947 bits per heavy atom. The number of hydrogen-bond acceptors (Lipinski definition) is 8. The summed E-state index contributed by atoms with van der Waals surface area (Å²) in [5.41, 5.74) is 2.46. The number of hydrogen-bond donors (Lipinski definition) is 0. The van der Waals surface area contributed by atoms with Crippen molar-refractivity contribution in [3.63, 3.8) is 0 Å². The Hall–Kier alpha value is -3.52. The summed E-state index contributed by atoms with van der Waals surface area (Å²) in [6, 6.07) is 15.1. The number of benzene rings is 2. The van der Waals surface area contributed by atoms with Gasteiger partial charge in [-0.15, -0.1) is 5.06 Å². The molecule has 8 heteroatoms. The number of para-hydroxylation sites is 1. The molecule has 1 aromatic heterocycles. The first kappa shape index (κ1) is 29.0. The minimum atomic E-state index is -0.964. The van der Waals surface area contributed by atoms with E-state index in [1.165, 1.54) is 56.4 Å². The quantitative estimate of drug-likeness (QED) is 0.0813. The van der Waals surface area contributed by atoms with Gasteiger partial charge in [0, 0.05) is 17.5 Å². The van der Waals surface area contributed by atoms with Gasteiger partial charge in [0.15, 0.2) is 5.82 Å². The Kier molecular flexibility index (Phi) is 12.5. The number of rotatable bonds is 18. The molecule has 0 saturated heterocycles. The largest absolute Gasteiger partial charge is 0.496 e. The zero-order valence-electron chi connectivity index (χ0n) is 22.6. The summed E-state index contributed by atoms with van der Waals surface area (Å²) in [7, 11) is 1.58. The fourth-order valence-electron chi connectivity index (χ4n) is 4.37. The minimum Gasteiger partial charge on any atom is -0.496 e. The molecule has 0 N–H and O–H groups in total. The molecule has 38 heavy (non-hydrogen) atoms. The molecule has 0 atom stereocenters. The number of hydroxylamine groups is 2. The molecule has 0 bridgehead atoms. The van der Waals surface area contributed by atoms with Crippen molar-refractivity contribution in [3.05, 3.63) is 65.5 Å². The van der Waals surface area contributed by atoms with Crippen LogP contribution in [0.4, 0.5) is 0 Å². The van der Waals surface area contributed by atoms with Crippen molar-refractivity contribution in [1.82, 2.24) is 15.2 Å². The Labute approximate surface area is 225 Å². The zero-order chi connectivity index (χ0) is 27.0. The van der Waals surface area contributed by atoms with Crippen LogP contribution < -0.4 is 4.74 Å². The first-order valence-corrected chi connectivity index (χ1v) is 13.6. The number of nitrogens with zero attached hydrogens (tertiary/aromatic N) is 3. The summed E-state index contributed by atoms with van der Waals surface area (Å²) in [5, 5.41) is 5.58. The summed E-state index contributed by atoms with van der Waals surface area (Å²) in [4.78, 5) is 32.5. The first-order chi connectivity index (χ1) is 18.6. The first-order valence-electron chi connectivity index (χ1n) is 13.6. The normalized spacial score (nSPS) is 11.0. The van der Waals surface area contributed by atoms with E-state index in [1.54, 1.807) is 7.11 Å². The Morgan fingerprint density at radius 2 is 1.68 bits per heavy atom. The second-order valence-corrected chi connectivity index (χ2v) is 9.43. The van der Waals surface area contributed by atoms with Crippen molar-refractivity contribution in [2.75, 3.05) is 7.11 Å². The summed E-state index contributed by atoms with van der Waals surface area (Å²) in [6.07, 6.45) is 12.4. The predicted octanol–water partition coefficient (Wildman–Crippen LogP) is 6.48. The number of aryl methyl sites for hydroxylation is 1. The molecule has 204 valence electrons. The second kappa shape index (κ2) is 16.3. The van der Waals surface area contributed by atoms with E-state index in [2.05, 4.69) is 17.1 Å². The van der Waals surface area contributed by atoms with E-state index in [0.29, 0.717) is 17.5 Å². The van der Waals surface area contributed by atoms with Gasteiger partial charge in [0.05, 0.1) is 20.2 Å². The topological polar surface area (TPSA) is 94.8 Å². The minimum absolute atomic E-state index is 0.152. The van der Waals surface area contributed by atoms with Crippen molar-refractivity contribution in [1.29, 1.82) is 0 Å². The summed E-state index contributed by atoms with van der Waals surface area (Å²) in [6.45, 7) is 2.75. The van der Waals surface area contributed by atoms with Gasteiger partial charge in [-0.3, -0.25) is 4.79 Å². The molecular formula is C30H39N3O5. The molecule has 2 aromatic carbocycles. The molecular weight excluding hydrogens is 482 g/mol. The van der Waals surface area contributed by atoms with Crippen LogP contribution in [0.1, 0.15) is 81.7 Å².